The molecule has 112 valence electrons. The molecule has 0 aliphatic heterocycles. The number of rotatable bonds is 6. The smallest absolute Gasteiger partial charge is 0.0598 e. The van der Waals surface area contributed by atoms with Crippen molar-refractivity contribution in [1.82, 2.24) is 10.3 Å². The van der Waals surface area contributed by atoms with Crippen LogP contribution >= 0.6 is 0 Å². The van der Waals surface area contributed by atoms with Crippen LogP contribution < -0.4 is 10.2 Å². The van der Waals surface area contributed by atoms with Crippen molar-refractivity contribution in [3.05, 3.63) is 59.4 Å². The number of hydrogen-bond acceptors (Lipinski definition) is 3. The van der Waals surface area contributed by atoms with Crippen molar-refractivity contribution < 1.29 is 0 Å². The summed E-state index contributed by atoms with van der Waals surface area (Å²) in [6, 6.07) is 11.2. The molecule has 0 atom stereocenters. The molecule has 0 spiro atoms. The number of nitrogens with one attached hydrogen (secondary N) is 1. The van der Waals surface area contributed by atoms with Crippen LogP contribution in [0, 0.1) is 6.92 Å². The number of anilines is 1. The molecule has 0 aliphatic carbocycles. The van der Waals surface area contributed by atoms with E-state index >= 15 is 0 Å². The fraction of sp³-hybridized carbons (Fsp3) is 0.389. The molecule has 0 radical (unpaired) electrons. The van der Waals surface area contributed by atoms with E-state index in [0.717, 1.165) is 13.1 Å². The molecule has 0 fully saturated rings. The van der Waals surface area contributed by atoms with Crippen LogP contribution in [-0.4, -0.2) is 18.1 Å². The van der Waals surface area contributed by atoms with Gasteiger partial charge in [-0.2, -0.15) is 0 Å². The second kappa shape index (κ2) is 7.23. The number of aromatic nitrogens is 1. The lowest BCUT2D eigenvalue weighted by Gasteiger charge is -2.23. The van der Waals surface area contributed by atoms with E-state index in [1.54, 1.807) is 0 Å². The van der Waals surface area contributed by atoms with Gasteiger partial charge in [-0.05, 0) is 24.1 Å². The van der Waals surface area contributed by atoms with Crippen LogP contribution in [0.25, 0.3) is 0 Å². The van der Waals surface area contributed by atoms with Crippen LogP contribution in [0.1, 0.15) is 30.5 Å². The van der Waals surface area contributed by atoms with Crippen molar-refractivity contribution in [1.29, 1.82) is 0 Å². The summed E-state index contributed by atoms with van der Waals surface area (Å²) in [5.74, 6) is 0. The average Bonchev–Trinajstić information content (AvgIpc) is 2.45. The van der Waals surface area contributed by atoms with E-state index in [4.69, 9.17) is 0 Å². The Morgan fingerprint density at radius 1 is 1.24 bits per heavy atom. The first-order chi connectivity index (χ1) is 10.1. The summed E-state index contributed by atoms with van der Waals surface area (Å²) in [6.45, 7) is 8.22. The quantitative estimate of drug-likeness (QED) is 0.879. The molecule has 1 heterocycles. The number of hydrogen-bond donors (Lipinski definition) is 1. The third-order valence-corrected chi connectivity index (χ3v) is 3.50. The summed E-state index contributed by atoms with van der Waals surface area (Å²) < 4.78 is 0. The van der Waals surface area contributed by atoms with Gasteiger partial charge in [-0.25, -0.2) is 0 Å². The fourth-order valence-electron chi connectivity index (χ4n) is 2.39. The minimum absolute atomic E-state index is 0.480. The number of nitrogens with zero attached hydrogens (tertiary/aromatic N) is 2. The largest absolute Gasteiger partial charge is 0.369 e. The monoisotopic (exact) mass is 283 g/mol. The van der Waals surface area contributed by atoms with Gasteiger partial charge in [0.2, 0.25) is 0 Å². The van der Waals surface area contributed by atoms with Gasteiger partial charge in [0.1, 0.15) is 0 Å². The van der Waals surface area contributed by atoms with E-state index in [9.17, 15) is 0 Å². The van der Waals surface area contributed by atoms with Gasteiger partial charge >= 0.3 is 0 Å². The molecule has 2 aromatic rings. The van der Waals surface area contributed by atoms with Gasteiger partial charge in [0.25, 0.3) is 0 Å². The number of pyridine rings is 1. The van der Waals surface area contributed by atoms with Crippen molar-refractivity contribution >= 4 is 5.69 Å². The first-order valence-corrected chi connectivity index (χ1v) is 7.49. The Morgan fingerprint density at radius 2 is 2.05 bits per heavy atom. The Balaban J connectivity index is 2.13. The van der Waals surface area contributed by atoms with E-state index in [1.165, 1.54) is 22.4 Å². The van der Waals surface area contributed by atoms with Crippen LogP contribution in [0.5, 0.6) is 0 Å². The maximum atomic E-state index is 4.28. The zero-order valence-corrected chi connectivity index (χ0v) is 13.4. The van der Waals surface area contributed by atoms with E-state index in [-0.39, 0.29) is 0 Å². The molecule has 2 rings (SSSR count). The lowest BCUT2D eigenvalue weighted by Crippen LogP contribution is -2.24. The molecule has 0 saturated carbocycles. The average molecular weight is 283 g/mol. The molecule has 3 nitrogen and oxygen atoms in total. The summed E-state index contributed by atoms with van der Waals surface area (Å²) in [7, 11) is 2.12. The van der Waals surface area contributed by atoms with Crippen LogP contribution in [0.15, 0.2) is 42.7 Å². The van der Waals surface area contributed by atoms with Crippen molar-refractivity contribution in [3.8, 4) is 0 Å². The van der Waals surface area contributed by atoms with Crippen LogP contribution in [-0.2, 0) is 13.1 Å². The molecule has 3 heteroatoms. The lowest BCUT2D eigenvalue weighted by molar-refractivity contribution is 0.588. The second-order valence-corrected chi connectivity index (χ2v) is 5.89. The highest BCUT2D eigenvalue weighted by Crippen LogP contribution is 2.20. The van der Waals surface area contributed by atoms with Gasteiger partial charge in [0, 0.05) is 32.4 Å². The predicted octanol–water partition coefficient (Wildman–Crippen LogP) is 3.52. The molecule has 1 aromatic heterocycles. The van der Waals surface area contributed by atoms with Crippen LogP contribution in [0.2, 0.25) is 0 Å². The van der Waals surface area contributed by atoms with Crippen molar-refractivity contribution in [2.24, 2.45) is 0 Å². The Bertz CT molecular complexity index is 578. The molecular weight excluding hydrogens is 258 g/mol. The van der Waals surface area contributed by atoms with Gasteiger partial charge in [-0.15, -0.1) is 0 Å². The van der Waals surface area contributed by atoms with Crippen molar-refractivity contribution in [2.75, 3.05) is 11.9 Å². The Morgan fingerprint density at radius 3 is 2.76 bits per heavy atom. The second-order valence-electron chi connectivity index (χ2n) is 5.89. The summed E-state index contributed by atoms with van der Waals surface area (Å²) in [5.41, 5.74) is 5.10. The summed E-state index contributed by atoms with van der Waals surface area (Å²) >= 11 is 0. The van der Waals surface area contributed by atoms with Crippen LogP contribution in [0.3, 0.4) is 0 Å². The Kier molecular flexibility index (Phi) is 5.34. The Labute approximate surface area is 128 Å². The minimum Gasteiger partial charge on any atom is -0.369 e. The van der Waals surface area contributed by atoms with E-state index in [2.05, 4.69) is 73.4 Å². The van der Waals surface area contributed by atoms with E-state index in [1.807, 2.05) is 12.4 Å². The van der Waals surface area contributed by atoms with Gasteiger partial charge in [0.05, 0.1) is 11.9 Å². The standard InChI is InChI=1S/C18H25N3/c1-14(2)20-11-17-8-9-19-12-18(17)21(4)13-16-7-5-6-15(3)10-16/h5-10,12,14,20H,11,13H2,1-4H3. The number of aryl methyl sites for hydroxylation is 1. The first-order valence-electron chi connectivity index (χ1n) is 7.49. The van der Waals surface area contributed by atoms with E-state index in [0.29, 0.717) is 6.04 Å². The highest BCUT2D eigenvalue weighted by Gasteiger charge is 2.08. The predicted molar refractivity (Wildman–Crippen MR) is 89.5 cm³/mol. The van der Waals surface area contributed by atoms with Crippen molar-refractivity contribution in [2.45, 2.75) is 39.9 Å². The van der Waals surface area contributed by atoms with Crippen molar-refractivity contribution in [3.63, 3.8) is 0 Å². The SMILES string of the molecule is Cc1cccc(CN(C)c2cnccc2CNC(C)C)c1. The zero-order valence-electron chi connectivity index (χ0n) is 13.4. The Hall–Kier alpha value is -1.87. The third kappa shape index (κ3) is 4.57. The summed E-state index contributed by atoms with van der Waals surface area (Å²) in [5, 5.41) is 3.48. The van der Waals surface area contributed by atoms with Gasteiger partial charge < -0.3 is 10.2 Å². The third-order valence-electron chi connectivity index (χ3n) is 3.50. The molecule has 0 saturated heterocycles. The summed E-state index contributed by atoms with van der Waals surface area (Å²) in [6.07, 6.45) is 3.81. The maximum Gasteiger partial charge on any atom is 0.0598 e. The minimum atomic E-state index is 0.480. The highest BCUT2D eigenvalue weighted by molar-refractivity contribution is 5.51. The molecule has 0 bridgehead atoms. The molecule has 1 aromatic carbocycles. The fourth-order valence-corrected chi connectivity index (χ4v) is 2.39. The lowest BCUT2D eigenvalue weighted by atomic mass is 10.1. The molecule has 0 aliphatic rings. The molecular formula is C18H25N3. The normalized spacial score (nSPS) is 10.9. The molecule has 0 unspecified atom stereocenters. The molecule has 0 amide bonds. The highest BCUT2D eigenvalue weighted by atomic mass is 15.1. The summed E-state index contributed by atoms with van der Waals surface area (Å²) in [4.78, 5) is 6.55. The van der Waals surface area contributed by atoms with Crippen LogP contribution in [0.4, 0.5) is 5.69 Å². The first kappa shape index (κ1) is 15.5. The zero-order chi connectivity index (χ0) is 15.2. The molecule has 1 N–H and O–H groups in total. The van der Waals surface area contributed by atoms with Gasteiger partial charge in [-0.3, -0.25) is 4.98 Å². The molecule has 21 heavy (non-hydrogen) atoms. The number of benzene rings is 1. The maximum absolute atomic E-state index is 4.28. The topological polar surface area (TPSA) is 28.2 Å². The van der Waals surface area contributed by atoms with Gasteiger partial charge in [-0.1, -0.05) is 43.7 Å². The van der Waals surface area contributed by atoms with Gasteiger partial charge in [0.15, 0.2) is 0 Å². The van der Waals surface area contributed by atoms with E-state index < -0.39 is 0 Å².